The number of nitrogens with zero attached hydrogens (tertiary/aromatic N) is 1. The predicted molar refractivity (Wildman–Crippen MR) is 69.4 cm³/mol. The molecule has 0 bridgehead atoms. The summed E-state index contributed by atoms with van der Waals surface area (Å²) in [6.45, 7) is 3.27. The van der Waals surface area contributed by atoms with Crippen LogP contribution in [0.15, 0.2) is 36.5 Å². The standard InChI is InChI=1S/C15H12F3NO/c1-9-3-4-11(10(2)20)7-13(9)12-5-6-14(19-8-12)15(16,17)18/h3-8H,1-2H3. The fourth-order valence-corrected chi connectivity index (χ4v) is 1.87. The molecule has 0 aliphatic heterocycles. The minimum Gasteiger partial charge on any atom is -0.295 e. The first-order valence-corrected chi connectivity index (χ1v) is 5.94. The fraction of sp³-hybridized carbons (Fsp3) is 0.200. The van der Waals surface area contributed by atoms with Gasteiger partial charge in [0.2, 0.25) is 0 Å². The van der Waals surface area contributed by atoms with Gasteiger partial charge in [-0.15, -0.1) is 0 Å². The van der Waals surface area contributed by atoms with Gasteiger partial charge in [-0.25, -0.2) is 0 Å². The molecule has 0 fully saturated rings. The molecule has 0 saturated heterocycles. The lowest BCUT2D eigenvalue weighted by molar-refractivity contribution is -0.141. The first-order valence-electron chi connectivity index (χ1n) is 5.94. The minimum atomic E-state index is -4.45. The largest absolute Gasteiger partial charge is 0.433 e. The maximum absolute atomic E-state index is 12.5. The molecule has 1 aromatic carbocycles. The number of hydrogen-bond donors (Lipinski definition) is 0. The van der Waals surface area contributed by atoms with Gasteiger partial charge in [0.1, 0.15) is 5.69 Å². The molecule has 20 heavy (non-hydrogen) atoms. The molecular weight excluding hydrogens is 267 g/mol. The second-order valence-corrected chi connectivity index (χ2v) is 4.52. The SMILES string of the molecule is CC(=O)c1ccc(C)c(-c2ccc(C(F)(F)F)nc2)c1. The number of benzene rings is 1. The van der Waals surface area contributed by atoms with Gasteiger partial charge in [0, 0.05) is 17.3 Å². The third-order valence-corrected chi connectivity index (χ3v) is 3.01. The molecule has 5 heteroatoms. The van der Waals surface area contributed by atoms with Crippen molar-refractivity contribution in [3.8, 4) is 11.1 Å². The fourth-order valence-electron chi connectivity index (χ4n) is 1.87. The number of aryl methyl sites for hydroxylation is 1. The van der Waals surface area contributed by atoms with E-state index in [1.807, 2.05) is 6.92 Å². The number of hydrogen-bond acceptors (Lipinski definition) is 2. The number of rotatable bonds is 2. The summed E-state index contributed by atoms with van der Waals surface area (Å²) in [6, 6.07) is 7.43. The van der Waals surface area contributed by atoms with Gasteiger partial charge < -0.3 is 0 Å². The van der Waals surface area contributed by atoms with E-state index in [0.29, 0.717) is 16.7 Å². The molecule has 104 valence electrons. The van der Waals surface area contributed by atoms with Crippen LogP contribution in [-0.2, 0) is 6.18 Å². The molecular formula is C15H12F3NO. The van der Waals surface area contributed by atoms with Crippen LogP contribution in [0.2, 0.25) is 0 Å². The minimum absolute atomic E-state index is 0.0916. The normalized spacial score (nSPS) is 11.4. The number of halogens is 3. The van der Waals surface area contributed by atoms with Crippen LogP contribution < -0.4 is 0 Å². The van der Waals surface area contributed by atoms with Crippen molar-refractivity contribution >= 4 is 5.78 Å². The Balaban J connectivity index is 2.46. The highest BCUT2D eigenvalue weighted by atomic mass is 19.4. The summed E-state index contributed by atoms with van der Waals surface area (Å²) in [5.41, 5.74) is 1.72. The summed E-state index contributed by atoms with van der Waals surface area (Å²) in [4.78, 5) is 14.8. The van der Waals surface area contributed by atoms with Crippen molar-refractivity contribution in [2.45, 2.75) is 20.0 Å². The Morgan fingerprint density at radius 2 is 1.85 bits per heavy atom. The van der Waals surface area contributed by atoms with E-state index in [4.69, 9.17) is 0 Å². The van der Waals surface area contributed by atoms with Crippen LogP contribution in [0.4, 0.5) is 13.2 Å². The molecule has 0 aliphatic carbocycles. The molecule has 0 saturated carbocycles. The number of aromatic nitrogens is 1. The van der Waals surface area contributed by atoms with Crippen molar-refractivity contribution in [1.82, 2.24) is 4.98 Å². The van der Waals surface area contributed by atoms with E-state index in [-0.39, 0.29) is 5.78 Å². The van der Waals surface area contributed by atoms with Gasteiger partial charge in [0.15, 0.2) is 5.78 Å². The van der Waals surface area contributed by atoms with Crippen molar-refractivity contribution in [3.63, 3.8) is 0 Å². The van der Waals surface area contributed by atoms with Gasteiger partial charge >= 0.3 is 6.18 Å². The molecule has 1 heterocycles. The molecule has 0 unspecified atom stereocenters. The number of alkyl halides is 3. The summed E-state index contributed by atoms with van der Waals surface area (Å²) in [7, 11) is 0. The number of ketones is 1. The van der Waals surface area contributed by atoms with Gasteiger partial charge in [-0.2, -0.15) is 13.2 Å². The topological polar surface area (TPSA) is 30.0 Å². The van der Waals surface area contributed by atoms with Crippen LogP contribution in [0.3, 0.4) is 0 Å². The Kier molecular flexibility index (Phi) is 3.61. The molecule has 0 amide bonds. The number of Topliss-reactive ketones (excluding diaryl/α,β-unsaturated/α-hetero) is 1. The van der Waals surface area contributed by atoms with E-state index >= 15 is 0 Å². The number of carbonyl (C=O) groups is 1. The van der Waals surface area contributed by atoms with Crippen LogP contribution in [0.5, 0.6) is 0 Å². The molecule has 0 aliphatic rings. The van der Waals surface area contributed by atoms with Gasteiger partial charge in [-0.05, 0) is 37.1 Å². The molecule has 0 radical (unpaired) electrons. The highest BCUT2D eigenvalue weighted by molar-refractivity contribution is 5.95. The van der Waals surface area contributed by atoms with Crippen molar-refractivity contribution in [2.24, 2.45) is 0 Å². The van der Waals surface area contributed by atoms with Crippen LogP contribution in [0, 0.1) is 6.92 Å². The number of carbonyl (C=O) groups excluding carboxylic acids is 1. The van der Waals surface area contributed by atoms with Crippen LogP contribution in [0.25, 0.3) is 11.1 Å². The van der Waals surface area contributed by atoms with Crippen molar-refractivity contribution < 1.29 is 18.0 Å². The average Bonchev–Trinajstić information content (AvgIpc) is 2.38. The predicted octanol–water partition coefficient (Wildman–Crippen LogP) is 4.28. The van der Waals surface area contributed by atoms with Crippen LogP contribution in [0.1, 0.15) is 28.5 Å². The Morgan fingerprint density at radius 3 is 2.35 bits per heavy atom. The van der Waals surface area contributed by atoms with Gasteiger partial charge in [0.05, 0.1) is 0 Å². The maximum Gasteiger partial charge on any atom is 0.433 e. The highest BCUT2D eigenvalue weighted by Crippen LogP contribution is 2.30. The highest BCUT2D eigenvalue weighted by Gasteiger charge is 2.32. The summed E-state index contributed by atoms with van der Waals surface area (Å²) in [5.74, 6) is -0.0916. The van der Waals surface area contributed by atoms with E-state index in [1.165, 1.54) is 19.2 Å². The van der Waals surface area contributed by atoms with E-state index in [0.717, 1.165) is 11.6 Å². The Labute approximate surface area is 114 Å². The summed E-state index contributed by atoms with van der Waals surface area (Å²) in [6.07, 6.45) is -3.27. The molecule has 0 atom stereocenters. The third-order valence-electron chi connectivity index (χ3n) is 3.01. The quantitative estimate of drug-likeness (QED) is 0.768. The second kappa shape index (κ2) is 5.07. The Bertz CT molecular complexity index is 645. The zero-order valence-electron chi connectivity index (χ0n) is 11.0. The molecule has 0 spiro atoms. The first kappa shape index (κ1) is 14.2. The lowest BCUT2D eigenvalue weighted by atomic mass is 9.98. The molecule has 0 N–H and O–H groups in total. The van der Waals surface area contributed by atoms with Gasteiger partial charge in [0.25, 0.3) is 0 Å². The van der Waals surface area contributed by atoms with Crippen molar-refractivity contribution in [2.75, 3.05) is 0 Å². The maximum atomic E-state index is 12.5. The third kappa shape index (κ3) is 2.87. The summed E-state index contributed by atoms with van der Waals surface area (Å²) >= 11 is 0. The lowest BCUT2D eigenvalue weighted by Gasteiger charge is -2.09. The van der Waals surface area contributed by atoms with E-state index in [9.17, 15) is 18.0 Å². The van der Waals surface area contributed by atoms with E-state index in [1.54, 1.807) is 18.2 Å². The van der Waals surface area contributed by atoms with Crippen LogP contribution >= 0.6 is 0 Å². The summed E-state index contributed by atoms with van der Waals surface area (Å²) < 4.78 is 37.4. The lowest BCUT2D eigenvalue weighted by Crippen LogP contribution is -2.07. The van der Waals surface area contributed by atoms with Gasteiger partial charge in [-0.1, -0.05) is 18.2 Å². The van der Waals surface area contributed by atoms with E-state index in [2.05, 4.69) is 4.98 Å². The zero-order chi connectivity index (χ0) is 14.9. The average molecular weight is 279 g/mol. The van der Waals surface area contributed by atoms with E-state index < -0.39 is 11.9 Å². The zero-order valence-corrected chi connectivity index (χ0v) is 11.0. The number of pyridine rings is 1. The molecule has 1 aromatic heterocycles. The molecule has 2 rings (SSSR count). The van der Waals surface area contributed by atoms with Crippen molar-refractivity contribution in [1.29, 1.82) is 0 Å². The Morgan fingerprint density at radius 1 is 1.15 bits per heavy atom. The van der Waals surface area contributed by atoms with Crippen LogP contribution in [-0.4, -0.2) is 10.8 Å². The monoisotopic (exact) mass is 279 g/mol. The molecule has 2 aromatic rings. The molecule has 2 nitrogen and oxygen atoms in total. The van der Waals surface area contributed by atoms with Crippen molar-refractivity contribution in [3.05, 3.63) is 53.3 Å². The first-order chi connectivity index (χ1) is 9.29. The summed E-state index contributed by atoms with van der Waals surface area (Å²) in [5, 5.41) is 0. The smallest absolute Gasteiger partial charge is 0.295 e. The second-order valence-electron chi connectivity index (χ2n) is 4.52. The Hall–Kier alpha value is -2.17. The van der Waals surface area contributed by atoms with Gasteiger partial charge in [-0.3, -0.25) is 9.78 Å².